The first kappa shape index (κ1) is 19.8. The number of rotatable bonds is 3. The first-order valence-electron chi connectivity index (χ1n) is 8.21. The SMILES string of the molecule is CC(=O)N(C)c1ccccc1NC(=O)c1sc2nc(C(F)(F)F)ccc2c1C. The van der Waals surface area contributed by atoms with Crippen molar-refractivity contribution in [2.24, 2.45) is 0 Å². The minimum Gasteiger partial charge on any atom is -0.319 e. The Kier molecular flexibility index (Phi) is 5.12. The second-order valence-corrected chi connectivity index (χ2v) is 7.15. The largest absolute Gasteiger partial charge is 0.433 e. The fourth-order valence-corrected chi connectivity index (χ4v) is 3.77. The standard InChI is InChI=1S/C19H16F3N3O2S/c1-10-12-8-9-15(19(20,21)22)24-18(12)28-16(10)17(27)23-13-6-4-5-7-14(13)25(3)11(2)26/h4-9H,1-3H3,(H,23,27). The van der Waals surface area contributed by atoms with E-state index in [4.69, 9.17) is 0 Å². The molecule has 1 N–H and O–H groups in total. The molecule has 3 aromatic rings. The quantitative estimate of drug-likeness (QED) is 0.675. The van der Waals surface area contributed by atoms with E-state index in [1.807, 2.05) is 0 Å². The molecular weight excluding hydrogens is 391 g/mol. The van der Waals surface area contributed by atoms with Gasteiger partial charge in [-0.05, 0) is 36.8 Å². The first-order chi connectivity index (χ1) is 13.1. The van der Waals surface area contributed by atoms with Crippen molar-refractivity contribution in [2.75, 3.05) is 17.3 Å². The Hall–Kier alpha value is -2.94. The minimum absolute atomic E-state index is 0.145. The number of halogens is 3. The van der Waals surface area contributed by atoms with Gasteiger partial charge in [-0.1, -0.05) is 12.1 Å². The van der Waals surface area contributed by atoms with Crippen LogP contribution in [-0.2, 0) is 11.0 Å². The second-order valence-electron chi connectivity index (χ2n) is 6.15. The van der Waals surface area contributed by atoms with Gasteiger partial charge in [0.15, 0.2) is 0 Å². The van der Waals surface area contributed by atoms with E-state index in [-0.39, 0.29) is 15.6 Å². The van der Waals surface area contributed by atoms with Gasteiger partial charge >= 0.3 is 6.18 Å². The normalized spacial score (nSPS) is 11.5. The van der Waals surface area contributed by atoms with Crippen LogP contribution in [0.3, 0.4) is 0 Å². The zero-order valence-corrected chi connectivity index (χ0v) is 16.0. The summed E-state index contributed by atoms with van der Waals surface area (Å²) in [5.41, 5.74) is 0.489. The van der Waals surface area contributed by atoms with Gasteiger partial charge < -0.3 is 10.2 Å². The number of nitrogens with zero attached hydrogens (tertiary/aromatic N) is 2. The van der Waals surface area contributed by atoms with Crippen molar-refractivity contribution in [3.8, 4) is 0 Å². The van der Waals surface area contributed by atoms with Crippen LogP contribution in [0.2, 0.25) is 0 Å². The zero-order chi connectivity index (χ0) is 20.6. The molecule has 5 nitrogen and oxygen atoms in total. The molecule has 2 aromatic heterocycles. The molecule has 2 amide bonds. The van der Waals surface area contributed by atoms with Crippen molar-refractivity contribution >= 4 is 44.7 Å². The fraction of sp³-hybridized carbons (Fsp3) is 0.211. The average Bonchev–Trinajstić information content (AvgIpc) is 2.97. The highest BCUT2D eigenvalue weighted by atomic mass is 32.1. The van der Waals surface area contributed by atoms with Crippen LogP contribution in [0.15, 0.2) is 36.4 Å². The summed E-state index contributed by atoms with van der Waals surface area (Å²) >= 11 is 0.898. The molecule has 0 saturated carbocycles. The number of pyridine rings is 1. The Morgan fingerprint density at radius 3 is 2.46 bits per heavy atom. The van der Waals surface area contributed by atoms with Crippen LogP contribution in [-0.4, -0.2) is 23.8 Å². The molecule has 0 bridgehead atoms. The Balaban J connectivity index is 1.97. The number of carbonyl (C=O) groups excluding carboxylic acids is 2. The number of aryl methyl sites for hydroxylation is 1. The van der Waals surface area contributed by atoms with Gasteiger partial charge in [-0.2, -0.15) is 13.2 Å². The van der Waals surface area contributed by atoms with Gasteiger partial charge in [0, 0.05) is 19.4 Å². The number of anilines is 2. The highest BCUT2D eigenvalue weighted by molar-refractivity contribution is 7.20. The predicted octanol–water partition coefficient (Wildman–Crippen LogP) is 4.86. The molecule has 28 heavy (non-hydrogen) atoms. The third-order valence-electron chi connectivity index (χ3n) is 4.29. The molecule has 9 heteroatoms. The lowest BCUT2D eigenvalue weighted by Gasteiger charge is -2.19. The van der Waals surface area contributed by atoms with Gasteiger partial charge in [0.1, 0.15) is 10.5 Å². The van der Waals surface area contributed by atoms with Crippen molar-refractivity contribution in [3.05, 3.63) is 52.5 Å². The number of thiophene rings is 1. The number of carbonyl (C=O) groups is 2. The van der Waals surface area contributed by atoms with Gasteiger partial charge in [-0.3, -0.25) is 9.59 Å². The minimum atomic E-state index is -4.55. The van der Waals surface area contributed by atoms with E-state index >= 15 is 0 Å². The van der Waals surface area contributed by atoms with E-state index in [9.17, 15) is 22.8 Å². The van der Waals surface area contributed by atoms with Gasteiger partial charge in [-0.15, -0.1) is 11.3 Å². The molecule has 0 radical (unpaired) electrons. The third kappa shape index (κ3) is 3.70. The van der Waals surface area contributed by atoms with Crippen molar-refractivity contribution in [3.63, 3.8) is 0 Å². The van der Waals surface area contributed by atoms with Crippen molar-refractivity contribution in [1.29, 1.82) is 0 Å². The van der Waals surface area contributed by atoms with Crippen LogP contribution in [0.1, 0.15) is 27.9 Å². The molecule has 0 saturated heterocycles. The number of nitrogens with one attached hydrogen (secondary N) is 1. The van der Waals surface area contributed by atoms with Gasteiger partial charge in [0.05, 0.1) is 16.3 Å². The van der Waals surface area contributed by atoms with Gasteiger partial charge in [-0.25, -0.2) is 4.98 Å². The number of amides is 2. The molecule has 0 aliphatic heterocycles. The maximum absolute atomic E-state index is 12.9. The summed E-state index contributed by atoms with van der Waals surface area (Å²) in [7, 11) is 1.58. The molecule has 0 fully saturated rings. The molecule has 2 heterocycles. The smallest absolute Gasteiger partial charge is 0.319 e. The number of benzene rings is 1. The Morgan fingerprint density at radius 2 is 1.82 bits per heavy atom. The molecule has 3 rings (SSSR count). The molecule has 0 aliphatic carbocycles. The van der Waals surface area contributed by atoms with Gasteiger partial charge in [0.25, 0.3) is 5.91 Å². The van der Waals surface area contributed by atoms with Crippen LogP contribution in [0.25, 0.3) is 10.2 Å². The number of hydrogen-bond donors (Lipinski definition) is 1. The van der Waals surface area contributed by atoms with Crippen LogP contribution in [0.4, 0.5) is 24.5 Å². The van der Waals surface area contributed by atoms with Gasteiger partial charge in [0.2, 0.25) is 5.91 Å². The van der Waals surface area contributed by atoms with Crippen LogP contribution in [0, 0.1) is 6.92 Å². The summed E-state index contributed by atoms with van der Waals surface area (Å²) in [5.74, 6) is -0.679. The van der Waals surface area contributed by atoms with E-state index in [1.54, 1.807) is 38.2 Å². The summed E-state index contributed by atoms with van der Waals surface area (Å²) in [4.78, 5) is 29.9. The van der Waals surface area contributed by atoms with E-state index in [0.717, 1.165) is 17.4 Å². The highest BCUT2D eigenvalue weighted by Gasteiger charge is 2.33. The lowest BCUT2D eigenvalue weighted by molar-refractivity contribution is -0.140. The van der Waals surface area contributed by atoms with Crippen molar-refractivity contribution in [1.82, 2.24) is 4.98 Å². The lowest BCUT2D eigenvalue weighted by Crippen LogP contribution is -2.24. The third-order valence-corrected chi connectivity index (χ3v) is 5.49. The first-order valence-corrected chi connectivity index (χ1v) is 9.03. The molecule has 0 aliphatic rings. The summed E-state index contributed by atoms with van der Waals surface area (Å²) in [6.45, 7) is 3.06. The topological polar surface area (TPSA) is 62.3 Å². The fourth-order valence-electron chi connectivity index (χ4n) is 2.69. The molecule has 0 atom stereocenters. The summed E-state index contributed by atoms with van der Waals surface area (Å²) in [6, 6.07) is 9.01. The summed E-state index contributed by atoms with van der Waals surface area (Å²) < 4.78 is 38.7. The zero-order valence-electron chi connectivity index (χ0n) is 15.2. The van der Waals surface area contributed by atoms with Crippen LogP contribution in [0.5, 0.6) is 0 Å². The molecule has 1 aromatic carbocycles. The average molecular weight is 407 g/mol. The van der Waals surface area contributed by atoms with E-state index in [0.29, 0.717) is 22.3 Å². The highest BCUT2D eigenvalue weighted by Crippen LogP contribution is 2.35. The molecule has 146 valence electrons. The number of alkyl halides is 3. The van der Waals surface area contributed by atoms with Crippen molar-refractivity contribution in [2.45, 2.75) is 20.0 Å². The molecule has 0 spiro atoms. The Labute approximate surface area is 162 Å². The van der Waals surface area contributed by atoms with E-state index in [2.05, 4.69) is 10.3 Å². The number of para-hydroxylation sites is 2. The number of fused-ring (bicyclic) bond motifs is 1. The Bertz CT molecular complexity index is 1080. The van der Waals surface area contributed by atoms with Crippen LogP contribution >= 0.6 is 11.3 Å². The Morgan fingerprint density at radius 1 is 1.14 bits per heavy atom. The predicted molar refractivity (Wildman–Crippen MR) is 103 cm³/mol. The molecule has 0 unspecified atom stereocenters. The van der Waals surface area contributed by atoms with E-state index in [1.165, 1.54) is 17.9 Å². The van der Waals surface area contributed by atoms with Crippen LogP contribution < -0.4 is 10.2 Å². The maximum atomic E-state index is 12.9. The summed E-state index contributed by atoms with van der Waals surface area (Å²) in [5, 5.41) is 3.23. The van der Waals surface area contributed by atoms with E-state index < -0.39 is 17.8 Å². The van der Waals surface area contributed by atoms with Crippen molar-refractivity contribution < 1.29 is 22.8 Å². The second kappa shape index (κ2) is 7.23. The molecular formula is C19H16F3N3O2S. The monoisotopic (exact) mass is 407 g/mol. The number of hydrogen-bond acceptors (Lipinski definition) is 4. The summed E-state index contributed by atoms with van der Waals surface area (Å²) in [6.07, 6.45) is -4.55. The lowest BCUT2D eigenvalue weighted by atomic mass is 10.1. The maximum Gasteiger partial charge on any atom is 0.433 e. The number of aromatic nitrogens is 1.